The van der Waals surface area contributed by atoms with Gasteiger partial charge in [-0.05, 0) is 26.2 Å². The summed E-state index contributed by atoms with van der Waals surface area (Å²) in [4.78, 5) is 25.7. The van der Waals surface area contributed by atoms with Crippen LogP contribution in [0.2, 0.25) is 0 Å². The number of carbonyl (C=O) groups is 2. The van der Waals surface area contributed by atoms with Crippen molar-refractivity contribution in [2.24, 2.45) is 5.41 Å². The second-order valence-corrected chi connectivity index (χ2v) is 5.94. The molecule has 0 saturated heterocycles. The van der Waals surface area contributed by atoms with Crippen LogP contribution < -0.4 is 0 Å². The van der Waals surface area contributed by atoms with Crippen molar-refractivity contribution < 1.29 is 14.7 Å². The van der Waals surface area contributed by atoms with Gasteiger partial charge in [-0.15, -0.1) is 0 Å². The minimum atomic E-state index is -0.824. The minimum absolute atomic E-state index is 0.0290. The van der Waals surface area contributed by atoms with Crippen LogP contribution in [0.5, 0.6) is 0 Å². The van der Waals surface area contributed by atoms with Gasteiger partial charge >= 0.3 is 5.97 Å². The van der Waals surface area contributed by atoms with E-state index < -0.39 is 11.4 Å². The topological polar surface area (TPSA) is 57.6 Å². The highest BCUT2D eigenvalue weighted by molar-refractivity contribution is 5.85. The number of hydrogen-bond acceptors (Lipinski definition) is 2. The SMILES string of the molecule is CCC(C)N(C)C(=O)CC1(C(=O)O)CCCCCC1. The van der Waals surface area contributed by atoms with Crippen molar-refractivity contribution in [3.8, 4) is 0 Å². The normalized spacial score (nSPS) is 20.4. The largest absolute Gasteiger partial charge is 0.481 e. The molecular weight excluding hydrogens is 242 g/mol. The lowest BCUT2D eigenvalue weighted by Gasteiger charge is -2.31. The van der Waals surface area contributed by atoms with Crippen LogP contribution in [0.15, 0.2) is 0 Å². The molecule has 4 heteroatoms. The predicted molar refractivity (Wildman–Crippen MR) is 74.9 cm³/mol. The molecule has 0 aliphatic heterocycles. The fourth-order valence-electron chi connectivity index (χ4n) is 2.81. The van der Waals surface area contributed by atoms with Gasteiger partial charge in [0.2, 0.25) is 5.91 Å². The third kappa shape index (κ3) is 3.95. The van der Waals surface area contributed by atoms with Gasteiger partial charge in [0.15, 0.2) is 0 Å². The summed E-state index contributed by atoms with van der Waals surface area (Å²) in [6.45, 7) is 4.03. The van der Waals surface area contributed by atoms with Gasteiger partial charge in [0.05, 0.1) is 5.41 Å². The highest BCUT2D eigenvalue weighted by Crippen LogP contribution is 2.39. The van der Waals surface area contributed by atoms with Crippen molar-refractivity contribution in [3.05, 3.63) is 0 Å². The van der Waals surface area contributed by atoms with Crippen LogP contribution in [0.3, 0.4) is 0 Å². The Morgan fingerprint density at radius 2 is 1.74 bits per heavy atom. The van der Waals surface area contributed by atoms with Crippen molar-refractivity contribution in [3.63, 3.8) is 0 Å². The highest BCUT2D eigenvalue weighted by atomic mass is 16.4. The second kappa shape index (κ2) is 6.92. The lowest BCUT2D eigenvalue weighted by Crippen LogP contribution is -2.41. The Morgan fingerprint density at radius 3 is 2.16 bits per heavy atom. The maximum absolute atomic E-state index is 12.3. The van der Waals surface area contributed by atoms with Crippen molar-refractivity contribution >= 4 is 11.9 Å². The molecule has 0 aromatic carbocycles. The van der Waals surface area contributed by atoms with Gasteiger partial charge < -0.3 is 10.0 Å². The summed E-state index contributed by atoms with van der Waals surface area (Å²) in [5.41, 5.74) is -0.824. The number of carboxylic acids is 1. The third-order valence-electron chi connectivity index (χ3n) is 4.65. The quantitative estimate of drug-likeness (QED) is 0.780. The van der Waals surface area contributed by atoms with E-state index >= 15 is 0 Å². The van der Waals surface area contributed by atoms with E-state index in [2.05, 4.69) is 0 Å². The molecule has 19 heavy (non-hydrogen) atoms. The summed E-state index contributed by atoms with van der Waals surface area (Å²) < 4.78 is 0. The fraction of sp³-hybridized carbons (Fsp3) is 0.867. The molecule has 1 rings (SSSR count). The molecule has 1 N–H and O–H groups in total. The minimum Gasteiger partial charge on any atom is -0.481 e. The van der Waals surface area contributed by atoms with E-state index in [1.807, 2.05) is 13.8 Å². The molecule has 4 nitrogen and oxygen atoms in total. The van der Waals surface area contributed by atoms with Crippen molar-refractivity contribution in [1.82, 2.24) is 4.90 Å². The first-order chi connectivity index (χ1) is 8.93. The van der Waals surface area contributed by atoms with Gasteiger partial charge in [0, 0.05) is 19.5 Å². The van der Waals surface area contributed by atoms with Gasteiger partial charge in [0.1, 0.15) is 0 Å². The van der Waals surface area contributed by atoms with Gasteiger partial charge in [-0.25, -0.2) is 0 Å². The second-order valence-electron chi connectivity index (χ2n) is 5.94. The first kappa shape index (κ1) is 16.0. The molecule has 1 unspecified atom stereocenters. The zero-order valence-corrected chi connectivity index (χ0v) is 12.4. The Morgan fingerprint density at radius 1 is 1.21 bits per heavy atom. The maximum atomic E-state index is 12.3. The van der Waals surface area contributed by atoms with E-state index in [-0.39, 0.29) is 18.4 Å². The number of nitrogens with zero attached hydrogens (tertiary/aromatic N) is 1. The smallest absolute Gasteiger partial charge is 0.310 e. The van der Waals surface area contributed by atoms with Crippen LogP contribution in [0.25, 0.3) is 0 Å². The van der Waals surface area contributed by atoms with Gasteiger partial charge in [-0.2, -0.15) is 0 Å². The standard InChI is InChI=1S/C15H27NO3/c1-4-12(2)16(3)13(17)11-15(14(18)19)9-7-5-6-8-10-15/h12H,4-11H2,1-3H3,(H,18,19). The zero-order valence-electron chi connectivity index (χ0n) is 12.4. The number of hydrogen-bond donors (Lipinski definition) is 1. The number of rotatable bonds is 5. The number of carboxylic acid groups (broad SMARTS) is 1. The van der Waals surface area contributed by atoms with Crippen LogP contribution >= 0.6 is 0 Å². The first-order valence-corrected chi connectivity index (χ1v) is 7.42. The molecule has 0 bridgehead atoms. The van der Waals surface area contributed by atoms with E-state index in [1.165, 1.54) is 0 Å². The average molecular weight is 269 g/mol. The lowest BCUT2D eigenvalue weighted by atomic mass is 9.77. The zero-order chi connectivity index (χ0) is 14.5. The Balaban J connectivity index is 2.78. The molecule has 0 heterocycles. The van der Waals surface area contributed by atoms with Gasteiger partial charge in [-0.3, -0.25) is 9.59 Å². The molecule has 0 spiro atoms. The molecule has 1 aliphatic carbocycles. The molecule has 1 fully saturated rings. The Kier molecular flexibility index (Phi) is 5.83. The molecule has 0 aromatic rings. The third-order valence-corrected chi connectivity index (χ3v) is 4.65. The van der Waals surface area contributed by atoms with Crippen LogP contribution in [-0.4, -0.2) is 35.0 Å². The van der Waals surface area contributed by atoms with Crippen molar-refractivity contribution in [1.29, 1.82) is 0 Å². The monoisotopic (exact) mass is 269 g/mol. The summed E-state index contributed by atoms with van der Waals surface area (Å²) in [6, 6.07) is 0.170. The number of amides is 1. The van der Waals surface area contributed by atoms with E-state index in [0.717, 1.165) is 32.1 Å². The molecule has 0 aromatic heterocycles. The van der Waals surface area contributed by atoms with E-state index in [0.29, 0.717) is 12.8 Å². The molecule has 1 atom stereocenters. The van der Waals surface area contributed by atoms with Crippen molar-refractivity contribution in [2.45, 2.75) is 71.3 Å². The molecule has 1 amide bonds. The van der Waals surface area contributed by atoms with Crippen LogP contribution in [0.1, 0.15) is 65.2 Å². The molecule has 0 radical (unpaired) electrons. The highest BCUT2D eigenvalue weighted by Gasteiger charge is 2.41. The van der Waals surface area contributed by atoms with Crippen LogP contribution in [0.4, 0.5) is 0 Å². The summed E-state index contributed by atoms with van der Waals surface area (Å²) in [5, 5.41) is 9.57. The molecular formula is C15H27NO3. The Bertz CT molecular complexity index is 319. The Labute approximate surface area is 116 Å². The average Bonchev–Trinajstić information content (AvgIpc) is 2.63. The van der Waals surface area contributed by atoms with E-state index in [4.69, 9.17) is 0 Å². The summed E-state index contributed by atoms with van der Waals surface area (Å²) in [7, 11) is 1.78. The number of carbonyl (C=O) groups excluding carboxylic acids is 1. The summed E-state index contributed by atoms with van der Waals surface area (Å²) in [5.74, 6) is -0.820. The predicted octanol–water partition coefficient (Wildman–Crippen LogP) is 3.06. The summed E-state index contributed by atoms with van der Waals surface area (Å²) >= 11 is 0. The van der Waals surface area contributed by atoms with Crippen molar-refractivity contribution in [2.75, 3.05) is 7.05 Å². The maximum Gasteiger partial charge on any atom is 0.310 e. The van der Waals surface area contributed by atoms with E-state index in [9.17, 15) is 14.7 Å². The number of aliphatic carboxylic acids is 1. The first-order valence-electron chi connectivity index (χ1n) is 7.42. The van der Waals surface area contributed by atoms with E-state index in [1.54, 1.807) is 11.9 Å². The Hall–Kier alpha value is -1.06. The van der Waals surface area contributed by atoms with Gasteiger partial charge in [0.25, 0.3) is 0 Å². The molecule has 1 saturated carbocycles. The van der Waals surface area contributed by atoms with Gasteiger partial charge in [-0.1, -0.05) is 32.6 Å². The van der Waals surface area contributed by atoms with Crippen LogP contribution in [0, 0.1) is 5.41 Å². The fourth-order valence-corrected chi connectivity index (χ4v) is 2.81. The van der Waals surface area contributed by atoms with Crippen LogP contribution in [-0.2, 0) is 9.59 Å². The molecule has 110 valence electrons. The summed E-state index contributed by atoms with van der Waals surface area (Å²) in [6.07, 6.45) is 6.35. The molecule has 1 aliphatic rings. The lowest BCUT2D eigenvalue weighted by molar-refractivity contribution is -0.155.